The SMILES string of the molecule is CCc1nc2c(N)nc3cccnc3c2n1CCCCCC(=O)c1ccccc1N(C)C. The van der Waals surface area contributed by atoms with Crippen molar-refractivity contribution in [3.05, 3.63) is 54.0 Å². The lowest BCUT2D eigenvalue weighted by molar-refractivity contribution is 0.0979. The first-order valence-corrected chi connectivity index (χ1v) is 11.2. The van der Waals surface area contributed by atoms with Gasteiger partial charge < -0.3 is 15.2 Å². The first kappa shape index (κ1) is 21.7. The number of Topliss-reactive ketones (excluding diaryl/α,β-unsaturated/α-hetero) is 1. The normalized spacial score (nSPS) is 11.3. The Labute approximate surface area is 188 Å². The fraction of sp³-hybridized carbons (Fsp3) is 0.360. The van der Waals surface area contributed by atoms with Gasteiger partial charge in [0.15, 0.2) is 11.6 Å². The summed E-state index contributed by atoms with van der Waals surface area (Å²) >= 11 is 0. The van der Waals surface area contributed by atoms with Crippen LogP contribution in [0.1, 0.15) is 48.8 Å². The molecule has 0 radical (unpaired) electrons. The molecule has 0 bridgehead atoms. The van der Waals surface area contributed by atoms with Crippen LogP contribution in [-0.2, 0) is 13.0 Å². The fourth-order valence-electron chi connectivity index (χ4n) is 4.25. The number of rotatable bonds is 9. The summed E-state index contributed by atoms with van der Waals surface area (Å²) in [6, 6.07) is 11.6. The van der Waals surface area contributed by atoms with Crippen molar-refractivity contribution in [1.29, 1.82) is 0 Å². The summed E-state index contributed by atoms with van der Waals surface area (Å²) in [7, 11) is 3.93. The second kappa shape index (κ2) is 9.34. The first-order chi connectivity index (χ1) is 15.5. The predicted octanol–water partition coefficient (Wildman–Crippen LogP) is 4.63. The zero-order valence-electron chi connectivity index (χ0n) is 19.0. The van der Waals surface area contributed by atoms with Crippen LogP contribution in [0.25, 0.3) is 22.1 Å². The molecule has 0 amide bonds. The van der Waals surface area contributed by atoms with E-state index in [0.29, 0.717) is 12.2 Å². The number of pyridine rings is 2. The van der Waals surface area contributed by atoms with Crippen LogP contribution < -0.4 is 10.6 Å². The number of ketones is 1. The molecule has 7 heteroatoms. The molecule has 166 valence electrons. The molecule has 0 spiro atoms. The topological polar surface area (TPSA) is 89.9 Å². The van der Waals surface area contributed by atoms with E-state index in [4.69, 9.17) is 10.7 Å². The van der Waals surface area contributed by atoms with Crippen molar-refractivity contribution >= 4 is 39.4 Å². The zero-order chi connectivity index (χ0) is 22.7. The molecular weight excluding hydrogens is 400 g/mol. The van der Waals surface area contributed by atoms with Crippen molar-refractivity contribution in [2.75, 3.05) is 24.7 Å². The molecule has 32 heavy (non-hydrogen) atoms. The number of hydrogen-bond acceptors (Lipinski definition) is 6. The first-order valence-electron chi connectivity index (χ1n) is 11.2. The van der Waals surface area contributed by atoms with Gasteiger partial charge in [-0.05, 0) is 37.1 Å². The van der Waals surface area contributed by atoms with Crippen LogP contribution in [0.15, 0.2) is 42.6 Å². The molecule has 0 aliphatic heterocycles. The lowest BCUT2D eigenvalue weighted by atomic mass is 10.0. The molecule has 0 aliphatic carbocycles. The Hall–Kier alpha value is -3.48. The lowest BCUT2D eigenvalue weighted by Gasteiger charge is -2.16. The molecular formula is C25H30N6O. The van der Waals surface area contributed by atoms with Crippen LogP contribution in [0.3, 0.4) is 0 Å². The molecule has 0 saturated carbocycles. The largest absolute Gasteiger partial charge is 0.382 e. The molecule has 0 aliphatic rings. The van der Waals surface area contributed by atoms with Crippen LogP contribution in [0.5, 0.6) is 0 Å². The maximum absolute atomic E-state index is 12.7. The Morgan fingerprint density at radius 3 is 2.62 bits per heavy atom. The number of benzene rings is 1. The minimum absolute atomic E-state index is 0.200. The number of para-hydroxylation sites is 1. The number of anilines is 2. The minimum atomic E-state index is 0.200. The van der Waals surface area contributed by atoms with Gasteiger partial charge in [-0.2, -0.15) is 0 Å². The second-order valence-electron chi connectivity index (χ2n) is 8.24. The third kappa shape index (κ3) is 4.15. The summed E-state index contributed by atoms with van der Waals surface area (Å²) in [5, 5.41) is 0. The fourth-order valence-corrected chi connectivity index (χ4v) is 4.25. The average molecular weight is 431 g/mol. The van der Waals surface area contributed by atoms with E-state index in [0.717, 1.165) is 71.4 Å². The standard InChI is InChI=1S/C25H30N6O/c1-4-21-29-23-24(22-18(28-25(23)26)12-10-15-27-22)31(21)16-9-5-6-14-20(32)17-11-7-8-13-19(17)30(2)3/h7-8,10-13,15H,4-6,9,14,16H2,1-3H3,(H2,26,28). The third-order valence-corrected chi connectivity index (χ3v) is 5.83. The maximum Gasteiger partial charge on any atom is 0.164 e. The van der Waals surface area contributed by atoms with Gasteiger partial charge in [-0.1, -0.05) is 25.5 Å². The summed E-state index contributed by atoms with van der Waals surface area (Å²) in [6.07, 6.45) is 5.92. The Bertz CT molecular complexity index is 1260. The number of unbranched alkanes of at least 4 members (excludes halogenated alkanes) is 2. The van der Waals surface area contributed by atoms with Gasteiger partial charge >= 0.3 is 0 Å². The van der Waals surface area contributed by atoms with Crippen LogP contribution in [0.4, 0.5) is 11.5 Å². The summed E-state index contributed by atoms with van der Waals surface area (Å²) in [6.45, 7) is 2.91. The molecule has 2 N–H and O–H groups in total. The van der Waals surface area contributed by atoms with Crippen LogP contribution in [0, 0.1) is 0 Å². The molecule has 0 unspecified atom stereocenters. The molecule has 1 aromatic carbocycles. The van der Waals surface area contributed by atoms with Gasteiger partial charge in [-0.15, -0.1) is 0 Å². The zero-order valence-corrected chi connectivity index (χ0v) is 19.0. The van der Waals surface area contributed by atoms with Crippen molar-refractivity contribution in [3.8, 4) is 0 Å². The van der Waals surface area contributed by atoms with Crippen LogP contribution in [0.2, 0.25) is 0 Å². The predicted molar refractivity (Wildman–Crippen MR) is 130 cm³/mol. The average Bonchev–Trinajstić information content (AvgIpc) is 3.18. The van der Waals surface area contributed by atoms with Gasteiger partial charge in [0.25, 0.3) is 0 Å². The van der Waals surface area contributed by atoms with Gasteiger partial charge in [-0.3, -0.25) is 9.78 Å². The summed E-state index contributed by atoms with van der Waals surface area (Å²) < 4.78 is 2.23. The minimum Gasteiger partial charge on any atom is -0.382 e. The molecule has 0 atom stereocenters. The maximum atomic E-state index is 12.7. The molecule has 3 heterocycles. The number of fused-ring (bicyclic) bond motifs is 3. The number of imidazole rings is 1. The number of nitrogens with zero attached hydrogens (tertiary/aromatic N) is 5. The summed E-state index contributed by atoms with van der Waals surface area (Å²) in [5.41, 5.74) is 11.3. The number of carbonyl (C=O) groups is 1. The Morgan fingerprint density at radius 1 is 1.03 bits per heavy atom. The molecule has 4 rings (SSSR count). The number of aryl methyl sites for hydroxylation is 2. The lowest BCUT2D eigenvalue weighted by Crippen LogP contribution is -2.13. The van der Waals surface area contributed by atoms with Crippen LogP contribution >= 0.6 is 0 Å². The smallest absolute Gasteiger partial charge is 0.164 e. The van der Waals surface area contributed by atoms with E-state index in [1.165, 1.54) is 0 Å². The number of carbonyl (C=O) groups excluding carboxylic acids is 1. The number of nitrogens with two attached hydrogens (primary N) is 1. The van der Waals surface area contributed by atoms with Gasteiger partial charge in [0, 0.05) is 50.9 Å². The van der Waals surface area contributed by atoms with E-state index in [1.54, 1.807) is 6.20 Å². The van der Waals surface area contributed by atoms with Crippen LogP contribution in [-0.4, -0.2) is 39.4 Å². The van der Waals surface area contributed by atoms with Crippen molar-refractivity contribution in [1.82, 2.24) is 19.5 Å². The van der Waals surface area contributed by atoms with E-state index in [1.807, 2.05) is 55.4 Å². The Kier molecular flexibility index (Phi) is 6.35. The Morgan fingerprint density at radius 2 is 1.84 bits per heavy atom. The van der Waals surface area contributed by atoms with Crippen molar-refractivity contribution < 1.29 is 4.79 Å². The van der Waals surface area contributed by atoms with E-state index < -0.39 is 0 Å². The Balaban J connectivity index is 1.46. The third-order valence-electron chi connectivity index (χ3n) is 5.83. The van der Waals surface area contributed by atoms with Crippen molar-refractivity contribution in [2.24, 2.45) is 0 Å². The highest BCUT2D eigenvalue weighted by molar-refractivity contribution is 6.04. The van der Waals surface area contributed by atoms with Gasteiger partial charge in [0.2, 0.25) is 0 Å². The van der Waals surface area contributed by atoms with Crippen molar-refractivity contribution in [3.63, 3.8) is 0 Å². The number of aromatic nitrogens is 4. The highest BCUT2D eigenvalue weighted by atomic mass is 16.1. The van der Waals surface area contributed by atoms with Crippen molar-refractivity contribution in [2.45, 2.75) is 45.6 Å². The summed E-state index contributed by atoms with van der Waals surface area (Å²) in [4.78, 5) is 28.5. The molecule has 0 saturated heterocycles. The molecule has 0 fully saturated rings. The molecule has 7 nitrogen and oxygen atoms in total. The monoisotopic (exact) mass is 430 g/mol. The number of hydrogen-bond donors (Lipinski definition) is 1. The van der Waals surface area contributed by atoms with E-state index >= 15 is 0 Å². The molecule has 3 aromatic heterocycles. The van der Waals surface area contributed by atoms with E-state index in [2.05, 4.69) is 21.5 Å². The quantitative estimate of drug-likeness (QED) is 0.307. The summed E-state index contributed by atoms with van der Waals surface area (Å²) in [5.74, 6) is 1.63. The second-order valence-corrected chi connectivity index (χ2v) is 8.24. The highest BCUT2D eigenvalue weighted by Crippen LogP contribution is 2.28. The van der Waals surface area contributed by atoms with E-state index in [-0.39, 0.29) is 5.78 Å². The molecule has 4 aromatic rings. The highest BCUT2D eigenvalue weighted by Gasteiger charge is 2.17. The van der Waals surface area contributed by atoms with E-state index in [9.17, 15) is 4.79 Å². The van der Waals surface area contributed by atoms with Gasteiger partial charge in [0.05, 0.1) is 5.52 Å². The van der Waals surface area contributed by atoms with Gasteiger partial charge in [-0.25, -0.2) is 9.97 Å². The number of nitrogen functional groups attached to an aromatic ring is 1. The van der Waals surface area contributed by atoms with Gasteiger partial charge in [0.1, 0.15) is 22.4 Å².